The highest BCUT2D eigenvalue weighted by Crippen LogP contribution is 2.02. The van der Waals surface area contributed by atoms with Gasteiger partial charge in [-0.15, -0.1) is 0 Å². The monoisotopic (exact) mass is 216 g/mol. The number of carboxylic acid groups (broad SMARTS) is 2. The van der Waals surface area contributed by atoms with Crippen LogP contribution >= 0.6 is 0 Å². The lowest BCUT2D eigenvalue weighted by atomic mass is 10.2. The van der Waals surface area contributed by atoms with Gasteiger partial charge in [-0.25, -0.2) is 0 Å². The van der Waals surface area contributed by atoms with Crippen LogP contribution < -0.4 is 10.2 Å². The molecule has 0 spiro atoms. The Morgan fingerprint density at radius 1 is 1.00 bits per heavy atom. The van der Waals surface area contributed by atoms with Gasteiger partial charge in [0.25, 0.3) is 0 Å². The molecule has 0 saturated heterocycles. The van der Waals surface area contributed by atoms with Crippen LogP contribution in [0.4, 0.5) is 0 Å². The minimum atomic E-state index is -1.77. The van der Waals surface area contributed by atoms with Gasteiger partial charge >= 0.3 is 0 Å². The van der Waals surface area contributed by atoms with Gasteiger partial charge in [0, 0.05) is 5.57 Å². The van der Waals surface area contributed by atoms with Crippen molar-refractivity contribution >= 4 is 18.0 Å². The molecular formula is C12H8O4-2. The topological polar surface area (TPSA) is 80.3 Å². The van der Waals surface area contributed by atoms with Crippen molar-refractivity contribution in [1.82, 2.24) is 0 Å². The summed E-state index contributed by atoms with van der Waals surface area (Å²) in [6.07, 6.45) is 3.82. The van der Waals surface area contributed by atoms with Crippen LogP contribution in [0.2, 0.25) is 0 Å². The standard InChI is InChI=1S/C12H10O4/c13-11(14)10(12(15)16)8-4-7-9-5-2-1-3-6-9/h1-8H,(H,13,14)(H,15,16)/p-2/b7-4+. The van der Waals surface area contributed by atoms with Gasteiger partial charge < -0.3 is 19.8 Å². The number of benzene rings is 1. The number of carbonyl (C=O) groups is 2. The van der Waals surface area contributed by atoms with E-state index in [0.717, 1.165) is 11.6 Å². The van der Waals surface area contributed by atoms with E-state index in [1.807, 2.05) is 18.2 Å². The predicted octanol–water partition coefficient (Wildman–Crippen LogP) is -0.874. The van der Waals surface area contributed by atoms with Gasteiger partial charge in [-0.3, -0.25) is 0 Å². The van der Waals surface area contributed by atoms with E-state index in [2.05, 4.69) is 0 Å². The van der Waals surface area contributed by atoms with Crippen molar-refractivity contribution in [3.05, 3.63) is 53.6 Å². The Labute approximate surface area is 92.2 Å². The van der Waals surface area contributed by atoms with E-state index < -0.39 is 17.5 Å². The first-order valence-corrected chi connectivity index (χ1v) is 4.47. The third-order valence-corrected chi connectivity index (χ3v) is 1.79. The van der Waals surface area contributed by atoms with Crippen molar-refractivity contribution in [3.8, 4) is 0 Å². The largest absolute Gasteiger partial charge is 0.545 e. The highest BCUT2D eigenvalue weighted by molar-refractivity contribution is 6.10. The molecule has 0 aliphatic rings. The molecule has 0 N–H and O–H groups in total. The number of carboxylic acids is 2. The summed E-state index contributed by atoms with van der Waals surface area (Å²) < 4.78 is 0. The van der Waals surface area contributed by atoms with E-state index in [9.17, 15) is 19.8 Å². The summed E-state index contributed by atoms with van der Waals surface area (Å²) in [6, 6.07) is 9.04. The van der Waals surface area contributed by atoms with Gasteiger partial charge in [0.1, 0.15) is 0 Å². The first-order valence-electron chi connectivity index (χ1n) is 4.47. The lowest BCUT2D eigenvalue weighted by molar-refractivity contribution is -0.312. The third-order valence-electron chi connectivity index (χ3n) is 1.79. The molecule has 0 unspecified atom stereocenters. The van der Waals surface area contributed by atoms with E-state index in [-0.39, 0.29) is 0 Å². The number of allylic oxidation sites excluding steroid dienone is 2. The molecular weight excluding hydrogens is 208 g/mol. The Bertz CT molecular complexity index is 427. The molecule has 1 aromatic rings. The quantitative estimate of drug-likeness (QED) is 0.283. The average molecular weight is 216 g/mol. The molecule has 0 bridgehead atoms. The van der Waals surface area contributed by atoms with Crippen molar-refractivity contribution in [2.24, 2.45) is 0 Å². The fourth-order valence-electron chi connectivity index (χ4n) is 1.04. The molecule has 0 aliphatic heterocycles. The summed E-state index contributed by atoms with van der Waals surface area (Å²) in [5.74, 6) is -3.53. The van der Waals surface area contributed by atoms with E-state index in [0.29, 0.717) is 0 Å². The van der Waals surface area contributed by atoms with Crippen LogP contribution in [0.25, 0.3) is 6.08 Å². The summed E-state index contributed by atoms with van der Waals surface area (Å²) in [7, 11) is 0. The molecule has 0 saturated carbocycles. The maximum absolute atomic E-state index is 10.3. The summed E-state index contributed by atoms with van der Waals surface area (Å²) in [4.78, 5) is 20.7. The summed E-state index contributed by atoms with van der Waals surface area (Å²) >= 11 is 0. The molecule has 0 fully saturated rings. The van der Waals surface area contributed by atoms with Crippen LogP contribution in [0.5, 0.6) is 0 Å². The summed E-state index contributed by atoms with van der Waals surface area (Å²) in [5, 5.41) is 20.7. The zero-order valence-electron chi connectivity index (χ0n) is 8.25. The molecule has 0 aromatic heterocycles. The van der Waals surface area contributed by atoms with Gasteiger partial charge in [-0.05, 0) is 5.56 Å². The summed E-state index contributed by atoms with van der Waals surface area (Å²) in [5.41, 5.74) is -0.0537. The third kappa shape index (κ3) is 3.42. The number of carbonyl (C=O) groups excluding carboxylic acids is 2. The maximum Gasteiger partial charge on any atom is 0.0733 e. The fourth-order valence-corrected chi connectivity index (χ4v) is 1.04. The SMILES string of the molecule is O=C([O-])C(=C/C=C/c1ccccc1)C(=O)[O-]. The molecule has 82 valence electrons. The van der Waals surface area contributed by atoms with Crippen molar-refractivity contribution in [1.29, 1.82) is 0 Å². The minimum Gasteiger partial charge on any atom is -0.545 e. The fraction of sp³-hybridized carbons (Fsp3) is 0. The Morgan fingerprint density at radius 3 is 2.06 bits per heavy atom. The zero-order chi connectivity index (χ0) is 12.0. The van der Waals surface area contributed by atoms with Gasteiger partial charge in [-0.2, -0.15) is 0 Å². The molecule has 0 atom stereocenters. The molecule has 1 aromatic carbocycles. The highest BCUT2D eigenvalue weighted by atomic mass is 16.4. The van der Waals surface area contributed by atoms with Crippen LogP contribution in [0.15, 0.2) is 48.1 Å². The van der Waals surface area contributed by atoms with Crippen LogP contribution in [0, 0.1) is 0 Å². The zero-order valence-corrected chi connectivity index (χ0v) is 8.25. The Morgan fingerprint density at radius 2 is 1.56 bits per heavy atom. The number of hydrogen-bond donors (Lipinski definition) is 0. The van der Waals surface area contributed by atoms with Crippen molar-refractivity contribution in [2.75, 3.05) is 0 Å². The van der Waals surface area contributed by atoms with E-state index >= 15 is 0 Å². The number of hydrogen-bond acceptors (Lipinski definition) is 4. The normalized spacial score (nSPS) is 10.0. The molecule has 0 amide bonds. The van der Waals surface area contributed by atoms with Crippen LogP contribution in [0.3, 0.4) is 0 Å². The lowest BCUT2D eigenvalue weighted by Crippen LogP contribution is -2.36. The van der Waals surface area contributed by atoms with E-state index in [1.165, 1.54) is 6.08 Å². The molecule has 4 nitrogen and oxygen atoms in total. The Hall–Kier alpha value is -2.36. The molecule has 0 radical (unpaired) electrons. The smallest absolute Gasteiger partial charge is 0.0733 e. The van der Waals surface area contributed by atoms with Crippen molar-refractivity contribution in [2.45, 2.75) is 0 Å². The highest BCUT2D eigenvalue weighted by Gasteiger charge is 1.96. The average Bonchev–Trinajstić information content (AvgIpc) is 2.24. The number of rotatable bonds is 4. The van der Waals surface area contributed by atoms with Crippen molar-refractivity contribution in [3.63, 3.8) is 0 Å². The second-order valence-electron chi connectivity index (χ2n) is 2.93. The molecule has 16 heavy (non-hydrogen) atoms. The Balaban J connectivity index is 2.82. The lowest BCUT2D eigenvalue weighted by Gasteiger charge is -2.07. The van der Waals surface area contributed by atoms with Crippen LogP contribution in [0.1, 0.15) is 5.56 Å². The van der Waals surface area contributed by atoms with E-state index in [1.54, 1.807) is 18.2 Å². The molecule has 0 heterocycles. The minimum absolute atomic E-state index is 0.829. The Kier molecular flexibility index (Phi) is 4.03. The van der Waals surface area contributed by atoms with Crippen LogP contribution in [-0.4, -0.2) is 11.9 Å². The van der Waals surface area contributed by atoms with Gasteiger partial charge in [0.05, 0.1) is 11.9 Å². The first-order chi connectivity index (χ1) is 7.61. The number of aliphatic carboxylic acids is 2. The first kappa shape index (κ1) is 11.7. The van der Waals surface area contributed by atoms with E-state index in [4.69, 9.17) is 0 Å². The van der Waals surface area contributed by atoms with Crippen molar-refractivity contribution < 1.29 is 19.8 Å². The predicted molar refractivity (Wildman–Crippen MR) is 53.6 cm³/mol. The van der Waals surface area contributed by atoms with Crippen LogP contribution in [-0.2, 0) is 9.59 Å². The molecule has 4 heteroatoms. The van der Waals surface area contributed by atoms with Gasteiger partial charge in [0.2, 0.25) is 0 Å². The van der Waals surface area contributed by atoms with Gasteiger partial charge in [0.15, 0.2) is 0 Å². The summed E-state index contributed by atoms with van der Waals surface area (Å²) in [6.45, 7) is 0. The second kappa shape index (κ2) is 5.50. The second-order valence-corrected chi connectivity index (χ2v) is 2.93. The molecule has 1 rings (SSSR count). The van der Waals surface area contributed by atoms with Gasteiger partial charge in [-0.1, -0.05) is 48.6 Å². The maximum atomic E-state index is 10.3. The molecule has 0 aliphatic carbocycles.